The first-order valence-corrected chi connectivity index (χ1v) is 8.20. The van der Waals surface area contributed by atoms with Crippen molar-refractivity contribution >= 4 is 21.8 Å². The lowest BCUT2D eigenvalue weighted by Crippen LogP contribution is -2.39. The third-order valence-corrected chi connectivity index (χ3v) is 5.01. The van der Waals surface area contributed by atoms with Gasteiger partial charge in [0.15, 0.2) is 0 Å². The minimum absolute atomic E-state index is 0.128. The molecule has 1 saturated carbocycles. The predicted octanol–water partition coefficient (Wildman–Crippen LogP) is 2.37. The minimum Gasteiger partial charge on any atom is -0.494 e. The molecule has 2 aromatic heterocycles. The highest BCUT2D eigenvalue weighted by atomic mass is 16.5. The van der Waals surface area contributed by atoms with E-state index in [0.29, 0.717) is 22.2 Å². The Hall–Kier alpha value is -2.63. The quantitative estimate of drug-likeness (QED) is 0.679. The molecule has 1 aliphatic carbocycles. The molecule has 0 spiro atoms. The summed E-state index contributed by atoms with van der Waals surface area (Å²) < 4.78 is 8.38. The fourth-order valence-electron chi connectivity index (χ4n) is 3.79. The molecule has 124 valence electrons. The zero-order valence-electron chi connectivity index (χ0n) is 13.8. The van der Waals surface area contributed by atoms with Crippen LogP contribution in [0.15, 0.2) is 34.0 Å². The summed E-state index contributed by atoms with van der Waals surface area (Å²) in [5, 5.41) is 1.26. The van der Waals surface area contributed by atoms with Gasteiger partial charge in [-0.2, -0.15) is 0 Å². The van der Waals surface area contributed by atoms with Gasteiger partial charge in [-0.1, -0.05) is 25.0 Å². The Morgan fingerprint density at radius 2 is 1.92 bits per heavy atom. The maximum Gasteiger partial charge on any atom is 0.331 e. The van der Waals surface area contributed by atoms with Crippen molar-refractivity contribution in [2.24, 2.45) is 7.05 Å². The number of hydrogen-bond donors (Lipinski definition) is 0. The standard InChI is InChI=1S/C18H19N3O3/c1-20-17(22)13-10-19-15-12(8-5-9-14(15)24-2)16(13)21(18(20)23)11-6-3-4-7-11/h5,8-11H,3-4,6-7H2,1-2H3. The van der Waals surface area contributed by atoms with E-state index in [1.54, 1.807) is 17.9 Å². The number of methoxy groups -OCH3 is 1. The molecule has 0 radical (unpaired) electrons. The highest BCUT2D eigenvalue weighted by molar-refractivity contribution is 6.04. The number of ether oxygens (including phenoxy) is 1. The number of benzene rings is 1. The van der Waals surface area contributed by atoms with Crippen LogP contribution in [0.2, 0.25) is 0 Å². The molecule has 0 N–H and O–H groups in total. The highest BCUT2D eigenvalue weighted by Gasteiger charge is 2.24. The molecule has 0 bridgehead atoms. The molecule has 0 atom stereocenters. The van der Waals surface area contributed by atoms with E-state index < -0.39 is 0 Å². The van der Waals surface area contributed by atoms with Crippen LogP contribution in [0, 0.1) is 0 Å². The van der Waals surface area contributed by atoms with Crippen molar-refractivity contribution in [1.29, 1.82) is 0 Å². The highest BCUT2D eigenvalue weighted by Crippen LogP contribution is 2.33. The summed E-state index contributed by atoms with van der Waals surface area (Å²) in [4.78, 5) is 29.9. The monoisotopic (exact) mass is 325 g/mol. The number of para-hydroxylation sites is 1. The SMILES string of the molecule is COc1cccc2c1ncc1c(=O)n(C)c(=O)n(C3CCCC3)c12. The Labute approximate surface area is 138 Å². The Morgan fingerprint density at radius 1 is 1.17 bits per heavy atom. The number of aromatic nitrogens is 3. The van der Waals surface area contributed by atoms with Crippen LogP contribution in [-0.2, 0) is 7.05 Å². The van der Waals surface area contributed by atoms with Crippen LogP contribution in [-0.4, -0.2) is 21.2 Å². The second-order valence-electron chi connectivity index (χ2n) is 6.33. The number of nitrogens with zero attached hydrogens (tertiary/aromatic N) is 3. The van der Waals surface area contributed by atoms with Gasteiger partial charge in [-0.05, 0) is 18.9 Å². The van der Waals surface area contributed by atoms with E-state index in [1.807, 2.05) is 18.2 Å². The first kappa shape index (κ1) is 14.9. The molecule has 1 aromatic carbocycles. The van der Waals surface area contributed by atoms with E-state index in [9.17, 15) is 9.59 Å². The van der Waals surface area contributed by atoms with Gasteiger partial charge in [-0.25, -0.2) is 4.79 Å². The maximum absolute atomic E-state index is 12.9. The molecule has 3 aromatic rings. The number of pyridine rings is 1. The number of rotatable bonds is 2. The maximum atomic E-state index is 12.9. The summed E-state index contributed by atoms with van der Waals surface area (Å²) >= 11 is 0. The van der Waals surface area contributed by atoms with Gasteiger partial charge in [-0.15, -0.1) is 0 Å². The lowest BCUT2D eigenvalue weighted by Gasteiger charge is -2.19. The van der Waals surface area contributed by atoms with Gasteiger partial charge in [0.1, 0.15) is 11.3 Å². The molecular weight excluding hydrogens is 306 g/mol. The molecule has 0 unspecified atom stereocenters. The van der Waals surface area contributed by atoms with Gasteiger partial charge in [0.05, 0.1) is 18.0 Å². The lowest BCUT2D eigenvalue weighted by molar-refractivity contribution is 0.419. The molecule has 0 aliphatic heterocycles. The number of hydrogen-bond acceptors (Lipinski definition) is 4. The van der Waals surface area contributed by atoms with Crippen molar-refractivity contribution in [3.05, 3.63) is 45.2 Å². The van der Waals surface area contributed by atoms with Gasteiger partial charge in [0, 0.05) is 24.7 Å². The minimum atomic E-state index is -0.304. The zero-order chi connectivity index (χ0) is 16.8. The average Bonchev–Trinajstić information content (AvgIpc) is 3.13. The van der Waals surface area contributed by atoms with E-state index in [2.05, 4.69) is 4.98 Å². The van der Waals surface area contributed by atoms with Crippen LogP contribution >= 0.6 is 0 Å². The first-order chi connectivity index (χ1) is 11.6. The second-order valence-corrected chi connectivity index (χ2v) is 6.33. The van der Waals surface area contributed by atoms with Crippen LogP contribution in [0.1, 0.15) is 31.7 Å². The second kappa shape index (κ2) is 5.47. The molecule has 0 amide bonds. The summed E-state index contributed by atoms with van der Waals surface area (Å²) in [6.07, 6.45) is 5.69. The lowest BCUT2D eigenvalue weighted by atomic mass is 10.1. The average molecular weight is 325 g/mol. The van der Waals surface area contributed by atoms with Crippen molar-refractivity contribution in [2.45, 2.75) is 31.7 Å². The van der Waals surface area contributed by atoms with Crippen LogP contribution in [0.4, 0.5) is 0 Å². The van der Waals surface area contributed by atoms with E-state index in [4.69, 9.17) is 4.74 Å². The van der Waals surface area contributed by atoms with E-state index in [-0.39, 0.29) is 17.3 Å². The van der Waals surface area contributed by atoms with Crippen LogP contribution in [0.5, 0.6) is 5.75 Å². The zero-order valence-corrected chi connectivity index (χ0v) is 13.8. The van der Waals surface area contributed by atoms with Crippen LogP contribution in [0.25, 0.3) is 21.8 Å². The Morgan fingerprint density at radius 3 is 2.62 bits per heavy atom. The van der Waals surface area contributed by atoms with Crippen molar-refractivity contribution in [3.8, 4) is 5.75 Å². The molecule has 1 fully saturated rings. The third kappa shape index (κ3) is 1.99. The predicted molar refractivity (Wildman–Crippen MR) is 92.8 cm³/mol. The summed E-state index contributed by atoms with van der Waals surface area (Å²) in [6, 6.07) is 5.73. The molecular formula is C18H19N3O3. The molecule has 4 rings (SSSR count). The fourth-order valence-corrected chi connectivity index (χ4v) is 3.79. The van der Waals surface area contributed by atoms with E-state index in [0.717, 1.165) is 31.1 Å². The fraction of sp³-hybridized carbons (Fsp3) is 0.389. The van der Waals surface area contributed by atoms with E-state index in [1.165, 1.54) is 11.6 Å². The van der Waals surface area contributed by atoms with Crippen molar-refractivity contribution in [2.75, 3.05) is 7.11 Å². The van der Waals surface area contributed by atoms with Crippen LogP contribution < -0.4 is 16.0 Å². The van der Waals surface area contributed by atoms with Crippen molar-refractivity contribution in [1.82, 2.24) is 14.1 Å². The van der Waals surface area contributed by atoms with Gasteiger partial charge in [0.2, 0.25) is 0 Å². The smallest absolute Gasteiger partial charge is 0.331 e. The van der Waals surface area contributed by atoms with Crippen molar-refractivity contribution < 1.29 is 4.74 Å². The third-order valence-electron chi connectivity index (χ3n) is 5.01. The van der Waals surface area contributed by atoms with Crippen molar-refractivity contribution in [3.63, 3.8) is 0 Å². The van der Waals surface area contributed by atoms with Crippen LogP contribution in [0.3, 0.4) is 0 Å². The van der Waals surface area contributed by atoms with E-state index >= 15 is 0 Å². The van der Waals surface area contributed by atoms with Gasteiger partial charge >= 0.3 is 5.69 Å². The first-order valence-electron chi connectivity index (χ1n) is 8.20. The summed E-state index contributed by atoms with van der Waals surface area (Å²) in [5.41, 5.74) is 0.794. The Kier molecular flexibility index (Phi) is 3.40. The van der Waals surface area contributed by atoms with Gasteiger partial charge in [-0.3, -0.25) is 18.9 Å². The molecule has 1 aliphatic rings. The summed E-state index contributed by atoms with van der Waals surface area (Å²) in [7, 11) is 3.13. The molecule has 6 heteroatoms. The van der Waals surface area contributed by atoms with Gasteiger partial charge < -0.3 is 4.74 Å². The topological polar surface area (TPSA) is 66.1 Å². The summed E-state index contributed by atoms with van der Waals surface area (Å²) in [6.45, 7) is 0. The molecule has 2 heterocycles. The van der Waals surface area contributed by atoms with Gasteiger partial charge in [0.25, 0.3) is 5.56 Å². The number of fused-ring (bicyclic) bond motifs is 3. The Bertz CT molecular complexity index is 1060. The molecule has 24 heavy (non-hydrogen) atoms. The Balaban J connectivity index is 2.25. The largest absolute Gasteiger partial charge is 0.494 e. The normalized spacial score (nSPS) is 15.4. The summed E-state index contributed by atoms with van der Waals surface area (Å²) in [5.74, 6) is 0.639. The molecule has 0 saturated heterocycles. The molecule has 6 nitrogen and oxygen atoms in total.